The van der Waals surface area contributed by atoms with Crippen LogP contribution in [0.15, 0.2) is 24.3 Å². The highest BCUT2D eigenvalue weighted by molar-refractivity contribution is 14.1. The fourth-order valence-corrected chi connectivity index (χ4v) is 2.00. The topological polar surface area (TPSA) is 20.3 Å². The van der Waals surface area contributed by atoms with Crippen LogP contribution in [0.2, 0.25) is 0 Å². The normalized spacial score (nSPS) is 15.3. The Kier molecular flexibility index (Phi) is 2.76. The van der Waals surface area contributed by atoms with Gasteiger partial charge in [-0.15, -0.1) is 0 Å². The smallest absolute Gasteiger partial charge is 0.253 e. The molecule has 0 N–H and O–H groups in total. The molecule has 74 valence electrons. The van der Waals surface area contributed by atoms with Crippen LogP contribution in [-0.4, -0.2) is 23.9 Å². The Bertz CT molecular complexity index is 360. The molecule has 0 radical (unpaired) electrons. The van der Waals surface area contributed by atoms with Crippen LogP contribution < -0.4 is 0 Å². The zero-order chi connectivity index (χ0) is 10.1. The van der Waals surface area contributed by atoms with Crippen LogP contribution in [0.4, 0.5) is 0 Å². The lowest BCUT2D eigenvalue weighted by Gasteiger charge is -2.16. The minimum atomic E-state index is 0.144. The predicted octanol–water partition coefficient (Wildman–Crippen LogP) is 2.53. The van der Waals surface area contributed by atoms with Crippen molar-refractivity contribution in [2.75, 3.05) is 7.05 Å². The Balaban J connectivity index is 2.17. The molecule has 3 heteroatoms. The minimum Gasteiger partial charge on any atom is -0.339 e. The Morgan fingerprint density at radius 2 is 2.21 bits per heavy atom. The van der Waals surface area contributed by atoms with Crippen LogP contribution in [0, 0.1) is 3.57 Å². The molecule has 1 aromatic rings. The van der Waals surface area contributed by atoms with Crippen molar-refractivity contribution in [2.45, 2.75) is 18.9 Å². The molecule has 1 saturated carbocycles. The fourth-order valence-electron chi connectivity index (χ4n) is 1.45. The van der Waals surface area contributed by atoms with E-state index in [-0.39, 0.29) is 5.91 Å². The zero-order valence-corrected chi connectivity index (χ0v) is 10.2. The molecule has 0 aromatic heterocycles. The van der Waals surface area contributed by atoms with Gasteiger partial charge in [0.25, 0.3) is 5.91 Å². The van der Waals surface area contributed by atoms with E-state index in [0.29, 0.717) is 6.04 Å². The summed E-state index contributed by atoms with van der Waals surface area (Å²) in [4.78, 5) is 13.8. The highest BCUT2D eigenvalue weighted by Crippen LogP contribution is 2.26. The van der Waals surface area contributed by atoms with E-state index in [4.69, 9.17) is 0 Å². The maximum absolute atomic E-state index is 11.9. The summed E-state index contributed by atoms with van der Waals surface area (Å²) < 4.78 is 1.11. The Hall–Kier alpha value is -0.580. The average molecular weight is 301 g/mol. The summed E-state index contributed by atoms with van der Waals surface area (Å²) in [6, 6.07) is 8.22. The van der Waals surface area contributed by atoms with Crippen molar-refractivity contribution in [2.24, 2.45) is 0 Å². The highest BCUT2D eigenvalue weighted by Gasteiger charge is 2.29. The van der Waals surface area contributed by atoms with E-state index >= 15 is 0 Å². The van der Waals surface area contributed by atoms with Gasteiger partial charge in [-0.05, 0) is 53.6 Å². The van der Waals surface area contributed by atoms with E-state index in [9.17, 15) is 4.79 Å². The summed E-state index contributed by atoms with van der Waals surface area (Å²) in [6.45, 7) is 0. The second-order valence-electron chi connectivity index (χ2n) is 3.66. The second-order valence-corrected chi connectivity index (χ2v) is 4.90. The number of nitrogens with zero attached hydrogens (tertiary/aromatic N) is 1. The maximum atomic E-state index is 11.9. The highest BCUT2D eigenvalue weighted by atomic mass is 127. The Morgan fingerprint density at radius 1 is 1.50 bits per heavy atom. The molecule has 14 heavy (non-hydrogen) atoms. The lowest BCUT2D eigenvalue weighted by molar-refractivity contribution is 0.0785. The Labute approximate surface area is 97.4 Å². The summed E-state index contributed by atoms with van der Waals surface area (Å²) in [5, 5.41) is 0. The van der Waals surface area contributed by atoms with Crippen LogP contribution in [0.1, 0.15) is 23.2 Å². The van der Waals surface area contributed by atoms with Crippen LogP contribution in [0.5, 0.6) is 0 Å². The number of hydrogen-bond donors (Lipinski definition) is 0. The summed E-state index contributed by atoms with van der Waals surface area (Å²) in [5.41, 5.74) is 0.798. The van der Waals surface area contributed by atoms with E-state index in [1.54, 1.807) is 0 Å². The molecule has 1 fully saturated rings. The van der Waals surface area contributed by atoms with E-state index in [1.807, 2.05) is 36.2 Å². The molecule has 1 aliphatic rings. The molecule has 0 heterocycles. The quantitative estimate of drug-likeness (QED) is 0.769. The van der Waals surface area contributed by atoms with Crippen molar-refractivity contribution < 1.29 is 4.79 Å². The van der Waals surface area contributed by atoms with Gasteiger partial charge in [0.15, 0.2) is 0 Å². The van der Waals surface area contributed by atoms with Crippen molar-refractivity contribution in [3.8, 4) is 0 Å². The monoisotopic (exact) mass is 301 g/mol. The number of rotatable bonds is 2. The summed E-state index contributed by atoms with van der Waals surface area (Å²) in [5.74, 6) is 0.144. The first-order chi connectivity index (χ1) is 6.68. The van der Waals surface area contributed by atoms with E-state index in [1.165, 1.54) is 0 Å². The van der Waals surface area contributed by atoms with E-state index in [0.717, 1.165) is 22.0 Å². The molecule has 0 unspecified atom stereocenters. The molecule has 1 aliphatic carbocycles. The van der Waals surface area contributed by atoms with Gasteiger partial charge in [0.2, 0.25) is 0 Å². The molecule has 0 bridgehead atoms. The van der Waals surface area contributed by atoms with Crippen molar-refractivity contribution in [1.29, 1.82) is 0 Å². The van der Waals surface area contributed by atoms with Crippen molar-refractivity contribution in [1.82, 2.24) is 4.90 Å². The average Bonchev–Trinajstić information content (AvgIpc) is 2.99. The molecule has 1 aromatic carbocycles. The summed E-state index contributed by atoms with van der Waals surface area (Å²) >= 11 is 2.22. The number of amides is 1. The van der Waals surface area contributed by atoms with Gasteiger partial charge < -0.3 is 4.90 Å². The minimum absolute atomic E-state index is 0.144. The summed E-state index contributed by atoms with van der Waals surface area (Å²) in [6.07, 6.45) is 2.32. The second kappa shape index (κ2) is 3.88. The third-order valence-electron chi connectivity index (χ3n) is 2.49. The van der Waals surface area contributed by atoms with Gasteiger partial charge in [-0.1, -0.05) is 6.07 Å². The first-order valence-corrected chi connectivity index (χ1v) is 5.79. The number of halogens is 1. The van der Waals surface area contributed by atoms with Gasteiger partial charge in [-0.25, -0.2) is 0 Å². The number of hydrogen-bond acceptors (Lipinski definition) is 1. The first-order valence-electron chi connectivity index (χ1n) is 4.71. The standard InChI is InChI=1S/C11H12INO/c1-13(10-5-6-10)11(14)8-3-2-4-9(12)7-8/h2-4,7,10H,5-6H2,1H3. The number of carbonyl (C=O) groups excluding carboxylic acids is 1. The molecule has 2 nitrogen and oxygen atoms in total. The number of carbonyl (C=O) groups is 1. The van der Waals surface area contributed by atoms with Crippen LogP contribution in [-0.2, 0) is 0 Å². The summed E-state index contributed by atoms with van der Waals surface area (Å²) in [7, 11) is 1.89. The molecule has 0 saturated heterocycles. The Morgan fingerprint density at radius 3 is 2.79 bits per heavy atom. The lowest BCUT2D eigenvalue weighted by Crippen LogP contribution is -2.28. The van der Waals surface area contributed by atoms with Gasteiger partial charge in [-0.3, -0.25) is 4.79 Å². The molecule has 1 amide bonds. The van der Waals surface area contributed by atoms with Crippen molar-refractivity contribution >= 4 is 28.5 Å². The third kappa shape index (κ3) is 2.08. The van der Waals surface area contributed by atoms with E-state index in [2.05, 4.69) is 22.6 Å². The van der Waals surface area contributed by atoms with Crippen molar-refractivity contribution in [3.63, 3.8) is 0 Å². The largest absolute Gasteiger partial charge is 0.339 e. The predicted molar refractivity (Wildman–Crippen MR) is 64.3 cm³/mol. The molecular weight excluding hydrogens is 289 g/mol. The fraction of sp³-hybridized carbons (Fsp3) is 0.364. The van der Waals surface area contributed by atoms with Crippen LogP contribution in [0.25, 0.3) is 0 Å². The molecule has 2 rings (SSSR count). The van der Waals surface area contributed by atoms with Gasteiger partial charge in [0.1, 0.15) is 0 Å². The number of benzene rings is 1. The van der Waals surface area contributed by atoms with Crippen LogP contribution in [0.3, 0.4) is 0 Å². The lowest BCUT2D eigenvalue weighted by atomic mass is 10.2. The zero-order valence-electron chi connectivity index (χ0n) is 8.03. The molecule has 0 atom stereocenters. The van der Waals surface area contributed by atoms with Crippen LogP contribution >= 0.6 is 22.6 Å². The van der Waals surface area contributed by atoms with Gasteiger partial charge in [0, 0.05) is 22.2 Å². The molecular formula is C11H12INO. The maximum Gasteiger partial charge on any atom is 0.253 e. The van der Waals surface area contributed by atoms with Crippen molar-refractivity contribution in [3.05, 3.63) is 33.4 Å². The SMILES string of the molecule is CN(C(=O)c1cccc(I)c1)C1CC1. The molecule has 0 spiro atoms. The van der Waals surface area contributed by atoms with E-state index < -0.39 is 0 Å². The van der Waals surface area contributed by atoms with Gasteiger partial charge >= 0.3 is 0 Å². The first kappa shape index (κ1) is 9.96. The van der Waals surface area contributed by atoms with Gasteiger partial charge in [0.05, 0.1) is 0 Å². The van der Waals surface area contributed by atoms with Gasteiger partial charge in [-0.2, -0.15) is 0 Å². The third-order valence-corrected chi connectivity index (χ3v) is 3.16. The molecule has 0 aliphatic heterocycles.